The van der Waals surface area contributed by atoms with E-state index in [9.17, 15) is 4.79 Å². The molecular formula is C13H15ClN4O. The molecule has 0 aliphatic carbocycles. The Morgan fingerprint density at radius 2 is 2.32 bits per heavy atom. The molecule has 19 heavy (non-hydrogen) atoms. The highest BCUT2D eigenvalue weighted by molar-refractivity contribution is 6.36. The van der Waals surface area contributed by atoms with Gasteiger partial charge in [0, 0.05) is 25.5 Å². The highest BCUT2D eigenvalue weighted by Crippen LogP contribution is 2.22. The second-order valence-electron chi connectivity index (χ2n) is 4.12. The van der Waals surface area contributed by atoms with Gasteiger partial charge in [0.1, 0.15) is 0 Å². The van der Waals surface area contributed by atoms with E-state index in [1.165, 1.54) is 0 Å². The third kappa shape index (κ3) is 3.48. The van der Waals surface area contributed by atoms with Gasteiger partial charge in [0.15, 0.2) is 0 Å². The van der Waals surface area contributed by atoms with Crippen LogP contribution in [-0.2, 0) is 6.54 Å². The lowest BCUT2D eigenvalue weighted by Crippen LogP contribution is -2.25. The van der Waals surface area contributed by atoms with Crippen molar-refractivity contribution in [1.29, 1.82) is 0 Å². The minimum absolute atomic E-state index is 0.206. The molecule has 0 atom stereocenters. The number of aryl methyl sites for hydroxylation is 1. The number of nitrogens with one attached hydrogen (secondary N) is 1. The van der Waals surface area contributed by atoms with Crippen molar-refractivity contribution < 1.29 is 4.79 Å². The molecule has 5 nitrogen and oxygen atoms in total. The molecule has 0 radical (unpaired) electrons. The fourth-order valence-electron chi connectivity index (χ4n) is 1.70. The third-order valence-corrected chi connectivity index (χ3v) is 3.13. The summed E-state index contributed by atoms with van der Waals surface area (Å²) in [7, 11) is 0. The van der Waals surface area contributed by atoms with Crippen LogP contribution < -0.4 is 11.1 Å². The first kappa shape index (κ1) is 13.4. The second kappa shape index (κ2) is 6.24. The summed E-state index contributed by atoms with van der Waals surface area (Å²) in [6, 6.07) is 5.03. The zero-order chi connectivity index (χ0) is 13.7. The molecule has 3 N–H and O–H groups in total. The number of halogens is 1. The van der Waals surface area contributed by atoms with Crippen molar-refractivity contribution in [3.8, 4) is 0 Å². The quantitative estimate of drug-likeness (QED) is 0.648. The lowest BCUT2D eigenvalue weighted by molar-refractivity contribution is 0.0953. The summed E-state index contributed by atoms with van der Waals surface area (Å²) in [6.07, 6.45) is 6.18. The van der Waals surface area contributed by atoms with Crippen LogP contribution in [0.4, 0.5) is 5.69 Å². The van der Waals surface area contributed by atoms with Gasteiger partial charge < -0.3 is 15.6 Å². The molecule has 1 amide bonds. The summed E-state index contributed by atoms with van der Waals surface area (Å²) in [5, 5.41) is 3.12. The molecule has 2 aromatic rings. The molecule has 0 bridgehead atoms. The number of amides is 1. The molecule has 0 saturated carbocycles. The molecule has 100 valence electrons. The van der Waals surface area contributed by atoms with E-state index in [0.717, 1.165) is 13.0 Å². The lowest BCUT2D eigenvalue weighted by Gasteiger charge is -2.08. The van der Waals surface area contributed by atoms with Gasteiger partial charge in [0.05, 0.1) is 22.6 Å². The molecule has 1 aromatic heterocycles. The Morgan fingerprint density at radius 1 is 1.47 bits per heavy atom. The van der Waals surface area contributed by atoms with Crippen LogP contribution in [0.3, 0.4) is 0 Å². The zero-order valence-corrected chi connectivity index (χ0v) is 11.1. The number of carbonyl (C=O) groups excluding carboxylic acids is 1. The van der Waals surface area contributed by atoms with E-state index >= 15 is 0 Å². The average molecular weight is 279 g/mol. The maximum Gasteiger partial charge on any atom is 0.252 e. The van der Waals surface area contributed by atoms with Gasteiger partial charge in [0.2, 0.25) is 0 Å². The molecule has 0 aliphatic rings. The van der Waals surface area contributed by atoms with Crippen molar-refractivity contribution in [3.05, 3.63) is 47.5 Å². The molecule has 0 fully saturated rings. The lowest BCUT2D eigenvalue weighted by atomic mass is 10.2. The van der Waals surface area contributed by atoms with Crippen molar-refractivity contribution in [2.45, 2.75) is 13.0 Å². The van der Waals surface area contributed by atoms with Crippen LogP contribution in [0.5, 0.6) is 0 Å². The van der Waals surface area contributed by atoms with Gasteiger partial charge in [0.25, 0.3) is 5.91 Å². The van der Waals surface area contributed by atoms with Crippen molar-refractivity contribution >= 4 is 23.2 Å². The number of nitrogens with two attached hydrogens (primary N) is 1. The summed E-state index contributed by atoms with van der Waals surface area (Å²) in [4.78, 5) is 15.9. The van der Waals surface area contributed by atoms with Gasteiger partial charge in [-0.2, -0.15) is 0 Å². The van der Waals surface area contributed by atoms with Crippen LogP contribution in [0.2, 0.25) is 5.02 Å². The van der Waals surface area contributed by atoms with Gasteiger partial charge in [-0.3, -0.25) is 4.79 Å². The second-order valence-corrected chi connectivity index (χ2v) is 4.50. The molecular weight excluding hydrogens is 264 g/mol. The van der Waals surface area contributed by atoms with Crippen molar-refractivity contribution in [2.75, 3.05) is 12.3 Å². The van der Waals surface area contributed by atoms with Crippen molar-refractivity contribution in [3.63, 3.8) is 0 Å². The number of anilines is 1. The van der Waals surface area contributed by atoms with Gasteiger partial charge in [-0.05, 0) is 18.6 Å². The molecule has 0 unspecified atom stereocenters. The normalized spacial score (nSPS) is 10.4. The number of rotatable bonds is 5. The standard InChI is InChI=1S/C13H15ClN4O/c14-12-10(3-1-4-11(12)15)13(19)17-5-2-7-18-8-6-16-9-18/h1,3-4,6,8-9H,2,5,7,15H2,(H,17,19). The van der Waals surface area contributed by atoms with Crippen LogP contribution in [0.1, 0.15) is 16.8 Å². The fourth-order valence-corrected chi connectivity index (χ4v) is 1.91. The first-order valence-corrected chi connectivity index (χ1v) is 6.34. The SMILES string of the molecule is Nc1cccc(C(=O)NCCCn2ccnc2)c1Cl. The van der Waals surface area contributed by atoms with E-state index in [4.69, 9.17) is 17.3 Å². The summed E-state index contributed by atoms with van der Waals surface area (Å²) >= 11 is 5.98. The van der Waals surface area contributed by atoms with E-state index in [1.807, 2.05) is 10.8 Å². The smallest absolute Gasteiger partial charge is 0.252 e. The van der Waals surface area contributed by atoms with E-state index < -0.39 is 0 Å². The van der Waals surface area contributed by atoms with Crippen LogP contribution >= 0.6 is 11.6 Å². The van der Waals surface area contributed by atoms with Gasteiger partial charge in [-0.25, -0.2) is 4.98 Å². The molecule has 0 spiro atoms. The summed E-state index contributed by atoms with van der Waals surface area (Å²) in [5.41, 5.74) is 6.47. The average Bonchev–Trinajstić information content (AvgIpc) is 2.91. The predicted molar refractivity (Wildman–Crippen MR) is 75.0 cm³/mol. The molecule has 0 saturated heterocycles. The highest BCUT2D eigenvalue weighted by atomic mass is 35.5. The van der Waals surface area contributed by atoms with Crippen molar-refractivity contribution in [2.24, 2.45) is 0 Å². The first-order chi connectivity index (χ1) is 9.18. The molecule has 2 rings (SSSR count). The Labute approximate surface area is 116 Å². The Morgan fingerprint density at radius 3 is 3.05 bits per heavy atom. The molecule has 0 aliphatic heterocycles. The zero-order valence-electron chi connectivity index (χ0n) is 10.3. The Kier molecular flexibility index (Phi) is 4.41. The van der Waals surface area contributed by atoms with Crippen LogP contribution in [0, 0.1) is 0 Å². The number of hydrogen-bond donors (Lipinski definition) is 2. The van der Waals surface area contributed by atoms with E-state index in [0.29, 0.717) is 22.8 Å². The minimum Gasteiger partial charge on any atom is -0.398 e. The largest absolute Gasteiger partial charge is 0.398 e. The summed E-state index contributed by atoms with van der Waals surface area (Å²) < 4.78 is 1.96. The maximum absolute atomic E-state index is 11.9. The number of carbonyl (C=O) groups is 1. The van der Waals surface area contributed by atoms with Crippen LogP contribution in [0.15, 0.2) is 36.9 Å². The molecule has 1 heterocycles. The highest BCUT2D eigenvalue weighted by Gasteiger charge is 2.11. The third-order valence-electron chi connectivity index (χ3n) is 2.71. The number of nitrogen functional groups attached to an aromatic ring is 1. The van der Waals surface area contributed by atoms with Gasteiger partial charge in [-0.1, -0.05) is 17.7 Å². The van der Waals surface area contributed by atoms with Crippen LogP contribution in [-0.4, -0.2) is 22.0 Å². The Bertz CT molecular complexity index is 554. The van der Waals surface area contributed by atoms with Crippen LogP contribution in [0.25, 0.3) is 0 Å². The number of benzene rings is 1. The van der Waals surface area contributed by atoms with Gasteiger partial charge >= 0.3 is 0 Å². The van der Waals surface area contributed by atoms with E-state index in [2.05, 4.69) is 10.3 Å². The topological polar surface area (TPSA) is 72.9 Å². The minimum atomic E-state index is -0.206. The number of imidazole rings is 1. The number of aromatic nitrogens is 2. The van der Waals surface area contributed by atoms with Crippen molar-refractivity contribution in [1.82, 2.24) is 14.9 Å². The fraction of sp³-hybridized carbons (Fsp3) is 0.231. The number of nitrogens with zero attached hydrogens (tertiary/aromatic N) is 2. The maximum atomic E-state index is 11.9. The predicted octanol–water partition coefficient (Wildman–Crippen LogP) is 1.94. The van der Waals surface area contributed by atoms with E-state index in [1.54, 1.807) is 30.7 Å². The monoisotopic (exact) mass is 278 g/mol. The molecule has 6 heteroatoms. The summed E-state index contributed by atoms with van der Waals surface area (Å²) in [6.45, 7) is 1.38. The van der Waals surface area contributed by atoms with Gasteiger partial charge in [-0.15, -0.1) is 0 Å². The first-order valence-electron chi connectivity index (χ1n) is 5.96. The Hall–Kier alpha value is -2.01. The summed E-state index contributed by atoms with van der Waals surface area (Å²) in [5.74, 6) is -0.206. The van der Waals surface area contributed by atoms with E-state index in [-0.39, 0.29) is 5.91 Å². The Balaban J connectivity index is 1.83. The molecule has 1 aromatic carbocycles. The number of hydrogen-bond acceptors (Lipinski definition) is 3.